The van der Waals surface area contributed by atoms with Crippen molar-refractivity contribution < 1.29 is 4.74 Å². The number of nitrogens with two attached hydrogens (primary N) is 1. The molecular formula is C19H32N4OS. The van der Waals surface area contributed by atoms with Crippen molar-refractivity contribution in [2.45, 2.75) is 66.5 Å². The van der Waals surface area contributed by atoms with E-state index >= 15 is 0 Å². The van der Waals surface area contributed by atoms with Crippen molar-refractivity contribution in [1.82, 2.24) is 14.5 Å². The number of nitrogen functional groups attached to an aromatic ring is 1. The third-order valence-corrected chi connectivity index (χ3v) is 5.63. The molecule has 0 saturated carbocycles. The van der Waals surface area contributed by atoms with Crippen LogP contribution in [0.4, 0.5) is 5.82 Å². The van der Waals surface area contributed by atoms with E-state index in [9.17, 15) is 0 Å². The number of anilines is 1. The lowest BCUT2D eigenvalue weighted by atomic mass is 10.2. The summed E-state index contributed by atoms with van der Waals surface area (Å²) in [6.07, 6.45) is 4.97. The van der Waals surface area contributed by atoms with E-state index in [1.54, 1.807) is 0 Å². The van der Waals surface area contributed by atoms with Gasteiger partial charge in [0.15, 0.2) is 5.82 Å². The van der Waals surface area contributed by atoms with Crippen LogP contribution in [0, 0.1) is 13.8 Å². The highest BCUT2D eigenvalue weighted by atomic mass is 32.2. The number of fused-ring (bicyclic) bond motifs is 1. The second-order valence-electron chi connectivity index (χ2n) is 6.39. The molecule has 6 heteroatoms. The van der Waals surface area contributed by atoms with Crippen LogP contribution in [0.1, 0.15) is 56.6 Å². The molecule has 0 saturated heterocycles. The molecule has 2 aromatic rings. The number of nitrogens with zero attached hydrogens (tertiary/aromatic N) is 3. The third kappa shape index (κ3) is 5.11. The fraction of sp³-hybridized carbons (Fsp3) is 0.684. The van der Waals surface area contributed by atoms with Crippen LogP contribution in [0.3, 0.4) is 0 Å². The van der Waals surface area contributed by atoms with Gasteiger partial charge in [0.1, 0.15) is 17.9 Å². The van der Waals surface area contributed by atoms with E-state index in [0.717, 1.165) is 41.1 Å². The third-order valence-electron chi connectivity index (χ3n) is 4.47. The highest BCUT2D eigenvalue weighted by Gasteiger charge is 2.17. The molecule has 0 aromatic carbocycles. The molecule has 0 spiro atoms. The van der Waals surface area contributed by atoms with E-state index in [0.29, 0.717) is 19.0 Å². The molecule has 0 aliphatic rings. The van der Waals surface area contributed by atoms with Gasteiger partial charge in [-0.25, -0.2) is 9.97 Å². The molecule has 0 aliphatic heterocycles. The quantitative estimate of drug-likeness (QED) is 0.596. The number of rotatable bonds is 11. The number of imidazole rings is 1. The molecule has 0 aliphatic carbocycles. The summed E-state index contributed by atoms with van der Waals surface area (Å²) in [7, 11) is 0. The predicted octanol–water partition coefficient (Wildman–Crippen LogP) is 4.48. The van der Waals surface area contributed by atoms with Gasteiger partial charge in [0.25, 0.3) is 0 Å². The monoisotopic (exact) mass is 364 g/mol. The van der Waals surface area contributed by atoms with E-state index in [2.05, 4.69) is 35.2 Å². The molecule has 2 rings (SSSR count). The first-order chi connectivity index (χ1) is 12.1. The molecule has 5 nitrogen and oxygen atoms in total. The summed E-state index contributed by atoms with van der Waals surface area (Å²) in [6, 6.07) is 0. The van der Waals surface area contributed by atoms with Gasteiger partial charge in [0, 0.05) is 18.8 Å². The lowest BCUT2D eigenvalue weighted by Crippen LogP contribution is -2.08. The van der Waals surface area contributed by atoms with E-state index in [1.807, 2.05) is 13.8 Å². The Hall–Kier alpha value is -1.27. The maximum Gasteiger partial charge on any atom is 0.151 e. The topological polar surface area (TPSA) is 66.0 Å². The smallest absolute Gasteiger partial charge is 0.151 e. The summed E-state index contributed by atoms with van der Waals surface area (Å²) >= 11 is 2.07. The van der Waals surface area contributed by atoms with E-state index < -0.39 is 0 Å². The zero-order valence-corrected chi connectivity index (χ0v) is 16.9. The average Bonchev–Trinajstić information content (AvgIpc) is 2.96. The van der Waals surface area contributed by atoms with E-state index in [4.69, 9.17) is 15.5 Å². The maximum atomic E-state index is 6.13. The first-order valence-electron chi connectivity index (χ1n) is 9.37. The fourth-order valence-electron chi connectivity index (χ4n) is 2.91. The van der Waals surface area contributed by atoms with Gasteiger partial charge in [-0.1, -0.05) is 13.3 Å². The molecule has 0 fully saturated rings. The Labute approximate surface area is 155 Å². The number of hydrogen-bond donors (Lipinski definition) is 1. The maximum absolute atomic E-state index is 6.13. The summed E-state index contributed by atoms with van der Waals surface area (Å²) in [5.41, 5.74) is 10.2. The lowest BCUT2D eigenvalue weighted by molar-refractivity contribution is 0.126. The van der Waals surface area contributed by atoms with Crippen molar-refractivity contribution in [1.29, 1.82) is 0 Å². The van der Waals surface area contributed by atoms with Crippen LogP contribution in [0.5, 0.6) is 0 Å². The van der Waals surface area contributed by atoms with Gasteiger partial charge in [-0.3, -0.25) is 0 Å². The van der Waals surface area contributed by atoms with Crippen LogP contribution in [0.25, 0.3) is 11.0 Å². The largest absolute Gasteiger partial charge is 0.382 e. The fourth-order valence-corrected chi connectivity index (χ4v) is 4.02. The standard InChI is InChI=1S/C19H32N4OS/c1-5-7-11-25-12-9-8-10-23-16(13-24-6-2)22-17-18(23)14(3)15(4)21-19(17)20/h5-13H2,1-4H3,(H2,20,21). The van der Waals surface area contributed by atoms with Gasteiger partial charge >= 0.3 is 0 Å². The Balaban J connectivity index is 2.14. The van der Waals surface area contributed by atoms with Crippen molar-refractivity contribution >= 4 is 28.6 Å². The Morgan fingerprint density at radius 3 is 2.56 bits per heavy atom. The summed E-state index contributed by atoms with van der Waals surface area (Å²) in [5, 5.41) is 0. The van der Waals surface area contributed by atoms with Crippen molar-refractivity contribution in [3.63, 3.8) is 0 Å². The minimum absolute atomic E-state index is 0.518. The number of thioether (sulfide) groups is 1. The second-order valence-corrected chi connectivity index (χ2v) is 7.62. The molecule has 25 heavy (non-hydrogen) atoms. The van der Waals surface area contributed by atoms with Crippen molar-refractivity contribution in [3.8, 4) is 0 Å². The average molecular weight is 365 g/mol. The Bertz CT molecular complexity index is 684. The van der Waals surface area contributed by atoms with Gasteiger partial charge in [-0.2, -0.15) is 11.8 Å². The van der Waals surface area contributed by atoms with Crippen LogP contribution in [-0.4, -0.2) is 32.6 Å². The number of ether oxygens (including phenoxy) is 1. The molecule has 0 amide bonds. The zero-order valence-electron chi connectivity index (χ0n) is 16.1. The van der Waals surface area contributed by atoms with Crippen molar-refractivity contribution in [2.75, 3.05) is 23.8 Å². The van der Waals surface area contributed by atoms with Gasteiger partial charge in [-0.15, -0.1) is 0 Å². The van der Waals surface area contributed by atoms with Crippen molar-refractivity contribution in [3.05, 3.63) is 17.1 Å². The Morgan fingerprint density at radius 1 is 1.08 bits per heavy atom. The van der Waals surface area contributed by atoms with Gasteiger partial charge in [0.05, 0.1) is 5.52 Å². The number of unbranched alkanes of at least 4 members (excludes halogenated alkanes) is 2. The van der Waals surface area contributed by atoms with Crippen molar-refractivity contribution in [2.24, 2.45) is 0 Å². The molecule has 2 N–H and O–H groups in total. The summed E-state index contributed by atoms with van der Waals surface area (Å²) in [4.78, 5) is 9.17. The molecule has 0 bridgehead atoms. The Kier molecular flexibility index (Phi) is 8.03. The first kappa shape index (κ1) is 20.0. The van der Waals surface area contributed by atoms with Crippen LogP contribution >= 0.6 is 11.8 Å². The number of aromatic nitrogens is 3. The Morgan fingerprint density at radius 2 is 1.84 bits per heavy atom. The van der Waals surface area contributed by atoms with Crippen LogP contribution < -0.4 is 5.73 Å². The van der Waals surface area contributed by atoms with E-state index in [-0.39, 0.29) is 0 Å². The normalized spacial score (nSPS) is 11.5. The van der Waals surface area contributed by atoms with Gasteiger partial charge in [-0.05, 0) is 57.1 Å². The SMILES string of the molecule is CCCCSCCCCn1c(COCC)nc2c(N)nc(C)c(C)c21. The molecule has 0 radical (unpaired) electrons. The first-order valence-corrected chi connectivity index (χ1v) is 10.5. The molecule has 0 unspecified atom stereocenters. The number of aryl methyl sites for hydroxylation is 3. The van der Waals surface area contributed by atoms with Crippen LogP contribution in [-0.2, 0) is 17.9 Å². The zero-order chi connectivity index (χ0) is 18.2. The molecular weight excluding hydrogens is 332 g/mol. The highest BCUT2D eigenvalue weighted by molar-refractivity contribution is 7.99. The summed E-state index contributed by atoms with van der Waals surface area (Å²) < 4.78 is 7.92. The number of hydrogen-bond acceptors (Lipinski definition) is 5. The summed E-state index contributed by atoms with van der Waals surface area (Å²) in [5.74, 6) is 3.98. The summed E-state index contributed by atoms with van der Waals surface area (Å²) in [6.45, 7) is 10.5. The lowest BCUT2D eigenvalue weighted by Gasteiger charge is -2.12. The van der Waals surface area contributed by atoms with E-state index in [1.165, 1.54) is 30.8 Å². The van der Waals surface area contributed by atoms with Gasteiger partial charge < -0.3 is 15.0 Å². The minimum Gasteiger partial charge on any atom is -0.382 e. The molecule has 2 heterocycles. The molecule has 140 valence electrons. The van der Waals surface area contributed by atoms with Gasteiger partial charge in [0.2, 0.25) is 0 Å². The van der Waals surface area contributed by atoms with Crippen LogP contribution in [0.2, 0.25) is 0 Å². The van der Waals surface area contributed by atoms with Crippen LogP contribution in [0.15, 0.2) is 0 Å². The molecule has 2 aromatic heterocycles. The molecule has 0 atom stereocenters. The number of pyridine rings is 1. The highest BCUT2D eigenvalue weighted by Crippen LogP contribution is 2.27. The second kappa shape index (κ2) is 10.0. The minimum atomic E-state index is 0.518. The predicted molar refractivity (Wildman–Crippen MR) is 108 cm³/mol.